The van der Waals surface area contributed by atoms with Crippen LogP contribution in [-0.2, 0) is 16.0 Å². The van der Waals surface area contributed by atoms with E-state index in [1.54, 1.807) is 58.5 Å². The second kappa shape index (κ2) is 9.36. The summed E-state index contributed by atoms with van der Waals surface area (Å²) < 4.78 is 0. The average Bonchev–Trinajstić information content (AvgIpc) is 2.85. The fraction of sp³-hybridized carbons (Fsp3) is 0.345. The number of primary amides is 1. The van der Waals surface area contributed by atoms with Gasteiger partial charge in [0.1, 0.15) is 22.8 Å². The summed E-state index contributed by atoms with van der Waals surface area (Å²) in [6.45, 7) is 0. The van der Waals surface area contributed by atoms with E-state index in [9.17, 15) is 34.8 Å². The van der Waals surface area contributed by atoms with Crippen molar-refractivity contribution in [3.8, 4) is 16.9 Å². The Morgan fingerprint density at radius 3 is 2.35 bits per heavy atom. The highest BCUT2D eigenvalue weighted by molar-refractivity contribution is 6.31. The Bertz CT molecular complexity index is 1560. The highest BCUT2D eigenvalue weighted by Gasteiger charge is 2.63. The van der Waals surface area contributed by atoms with E-state index < -0.39 is 58.0 Å². The topological polar surface area (TPSA) is 165 Å². The van der Waals surface area contributed by atoms with Gasteiger partial charge in [0.25, 0.3) is 5.91 Å². The summed E-state index contributed by atoms with van der Waals surface area (Å²) in [5.41, 5.74) is 3.72. The average molecular weight is 568 g/mol. The molecular formula is C29H30ClN3O7. The Kier molecular flexibility index (Phi) is 6.48. The van der Waals surface area contributed by atoms with E-state index in [0.717, 1.165) is 0 Å². The van der Waals surface area contributed by atoms with Crippen LogP contribution in [0, 0.1) is 11.8 Å². The van der Waals surface area contributed by atoms with E-state index in [-0.39, 0.29) is 29.7 Å². The first-order chi connectivity index (χ1) is 18.7. The van der Waals surface area contributed by atoms with Gasteiger partial charge in [-0.3, -0.25) is 19.3 Å². The molecule has 6 N–H and O–H groups in total. The molecule has 0 saturated carbocycles. The Morgan fingerprint density at radius 2 is 1.77 bits per heavy atom. The Balaban J connectivity index is 1.76. The molecule has 0 bridgehead atoms. The van der Waals surface area contributed by atoms with Gasteiger partial charge in [-0.2, -0.15) is 0 Å². The van der Waals surface area contributed by atoms with E-state index in [1.165, 1.54) is 4.90 Å². The highest BCUT2D eigenvalue weighted by Crippen LogP contribution is 2.54. The third-order valence-corrected chi connectivity index (χ3v) is 8.55. The van der Waals surface area contributed by atoms with Gasteiger partial charge in [0, 0.05) is 41.9 Å². The molecule has 0 fully saturated rings. The molecular weight excluding hydrogens is 538 g/mol. The van der Waals surface area contributed by atoms with Crippen molar-refractivity contribution in [1.82, 2.24) is 4.90 Å². The monoisotopic (exact) mass is 567 g/mol. The molecule has 40 heavy (non-hydrogen) atoms. The quantitative estimate of drug-likeness (QED) is 0.349. The maximum absolute atomic E-state index is 14.1. The van der Waals surface area contributed by atoms with Crippen LogP contribution in [0.4, 0.5) is 5.69 Å². The number of nitrogens with zero attached hydrogens (tertiary/aromatic N) is 2. The molecule has 2 aromatic carbocycles. The number of carbonyl (C=O) groups is 3. The van der Waals surface area contributed by atoms with E-state index in [4.69, 9.17) is 17.3 Å². The third kappa shape index (κ3) is 3.74. The first-order valence-corrected chi connectivity index (χ1v) is 13.1. The number of ketones is 2. The van der Waals surface area contributed by atoms with Gasteiger partial charge in [-0.25, -0.2) is 0 Å². The molecule has 0 aromatic heterocycles. The van der Waals surface area contributed by atoms with Gasteiger partial charge in [0.05, 0.1) is 11.6 Å². The van der Waals surface area contributed by atoms with Crippen molar-refractivity contribution in [2.24, 2.45) is 17.6 Å². The lowest BCUT2D eigenvalue weighted by Gasteiger charge is -2.50. The van der Waals surface area contributed by atoms with Crippen LogP contribution in [0.15, 0.2) is 53.0 Å². The zero-order chi connectivity index (χ0) is 29.4. The number of aromatic hydroxyl groups is 1. The molecule has 11 heteroatoms. The summed E-state index contributed by atoms with van der Waals surface area (Å²) in [7, 11) is 6.79. The number of Topliss-reactive ketones (excluding diaryl/α,β-unsaturated/α-hetero) is 2. The number of amides is 1. The van der Waals surface area contributed by atoms with Crippen molar-refractivity contribution in [2.75, 3.05) is 33.1 Å². The van der Waals surface area contributed by atoms with E-state index in [0.29, 0.717) is 27.4 Å². The van der Waals surface area contributed by atoms with Gasteiger partial charge in [0.15, 0.2) is 11.4 Å². The van der Waals surface area contributed by atoms with Crippen molar-refractivity contribution in [2.45, 2.75) is 24.5 Å². The fourth-order valence-corrected chi connectivity index (χ4v) is 6.76. The largest absolute Gasteiger partial charge is 0.510 e. The van der Waals surface area contributed by atoms with Crippen molar-refractivity contribution < 1.29 is 34.8 Å². The Labute approximate surface area is 235 Å². The third-order valence-electron chi connectivity index (χ3n) is 8.32. The van der Waals surface area contributed by atoms with Crippen molar-refractivity contribution in [3.05, 3.63) is 69.1 Å². The first kappa shape index (κ1) is 27.7. The van der Waals surface area contributed by atoms with Crippen LogP contribution in [0.5, 0.6) is 5.75 Å². The minimum absolute atomic E-state index is 0.0233. The number of allylic oxidation sites excluding steroid dienone is 1. The highest BCUT2D eigenvalue weighted by atomic mass is 35.5. The van der Waals surface area contributed by atoms with E-state index in [2.05, 4.69) is 0 Å². The van der Waals surface area contributed by atoms with Crippen LogP contribution in [0.3, 0.4) is 0 Å². The molecule has 0 spiro atoms. The molecule has 0 saturated heterocycles. The first-order valence-electron chi connectivity index (χ1n) is 12.7. The molecule has 1 amide bonds. The van der Waals surface area contributed by atoms with Crippen LogP contribution in [0.2, 0.25) is 5.02 Å². The fourth-order valence-electron chi connectivity index (χ4n) is 6.57. The number of phenols is 1. The maximum Gasteiger partial charge on any atom is 0.255 e. The molecule has 2 aromatic rings. The number of likely N-dealkylation sites (N-methyl/N-ethyl adjacent to an activating group) is 1. The normalized spacial score (nSPS) is 26.0. The molecule has 3 aliphatic carbocycles. The van der Waals surface area contributed by atoms with Gasteiger partial charge in [-0.05, 0) is 62.2 Å². The number of phenolic OH excluding ortho intramolecular Hbond substituents is 1. The molecule has 0 radical (unpaired) electrons. The van der Waals surface area contributed by atoms with Crippen LogP contribution < -0.4 is 10.6 Å². The van der Waals surface area contributed by atoms with Gasteiger partial charge in [0.2, 0.25) is 5.78 Å². The van der Waals surface area contributed by atoms with Gasteiger partial charge >= 0.3 is 0 Å². The van der Waals surface area contributed by atoms with Crippen molar-refractivity contribution in [1.29, 1.82) is 0 Å². The number of anilines is 1. The number of aliphatic hydroxyl groups is 3. The number of rotatable bonds is 4. The van der Waals surface area contributed by atoms with Gasteiger partial charge in [-0.15, -0.1) is 0 Å². The van der Waals surface area contributed by atoms with Crippen LogP contribution in [-0.4, -0.2) is 82.6 Å². The number of carbonyl (C=O) groups excluding carboxylic acids is 3. The zero-order valence-electron chi connectivity index (χ0n) is 22.4. The molecule has 5 rings (SSSR count). The number of aliphatic hydroxyl groups excluding tert-OH is 2. The van der Waals surface area contributed by atoms with Crippen LogP contribution >= 0.6 is 11.6 Å². The molecule has 3 aliphatic rings. The summed E-state index contributed by atoms with van der Waals surface area (Å²) in [5.74, 6) is -6.83. The van der Waals surface area contributed by atoms with Crippen LogP contribution in [0.25, 0.3) is 11.1 Å². The molecule has 210 valence electrons. The summed E-state index contributed by atoms with van der Waals surface area (Å²) in [4.78, 5) is 43.1. The molecule has 0 aliphatic heterocycles. The lowest BCUT2D eigenvalue weighted by atomic mass is 9.58. The maximum atomic E-state index is 14.1. The Hall–Kier alpha value is -3.86. The molecule has 0 heterocycles. The number of nitrogens with two attached hydrogens (primary N) is 1. The predicted molar refractivity (Wildman–Crippen MR) is 148 cm³/mol. The minimum Gasteiger partial charge on any atom is -0.510 e. The zero-order valence-corrected chi connectivity index (χ0v) is 23.2. The number of benzene rings is 2. The number of hydrogen-bond acceptors (Lipinski definition) is 9. The predicted octanol–water partition coefficient (Wildman–Crippen LogP) is 2.51. The minimum atomic E-state index is -2.69. The summed E-state index contributed by atoms with van der Waals surface area (Å²) in [6.07, 6.45) is 0.223. The number of hydrogen-bond donors (Lipinski definition) is 5. The SMILES string of the molecule is CN(C)c1cc(-c2cccc(Cl)c2)c(O)c2c1C[C@@H]1C[C@@H]3[C@@H](N(C)C)C(O)=C(C(N)=O)C(=O)[C@@]3(O)C(O)=C1C2=O. The smallest absolute Gasteiger partial charge is 0.255 e. The summed E-state index contributed by atoms with van der Waals surface area (Å²) >= 11 is 6.19. The van der Waals surface area contributed by atoms with Crippen molar-refractivity contribution >= 4 is 34.8 Å². The summed E-state index contributed by atoms with van der Waals surface area (Å²) in [6, 6.07) is 7.50. The second-order valence-electron chi connectivity index (χ2n) is 11.0. The van der Waals surface area contributed by atoms with Gasteiger partial charge < -0.3 is 31.1 Å². The standard InChI is InChI=1S/C29H30ClN3O7/c1-32(2)18-11-15(12-6-5-7-14(30)8-12)23(34)20-16(18)9-13-10-17-22(33(3)4)25(36)21(28(31)39)27(38)29(17,40)26(37)19(13)24(20)35/h5-8,11,13,17,22,34,36-37,40H,9-10H2,1-4H3,(H2,31,39)/t13-,17-,22-,29+/m1/s1. The van der Waals surface area contributed by atoms with E-state index >= 15 is 0 Å². The van der Waals surface area contributed by atoms with Crippen LogP contribution in [0.1, 0.15) is 22.3 Å². The Morgan fingerprint density at radius 1 is 1.10 bits per heavy atom. The van der Waals surface area contributed by atoms with E-state index in [1.807, 2.05) is 4.90 Å². The summed E-state index contributed by atoms with van der Waals surface area (Å²) in [5, 5.41) is 46.0. The van der Waals surface area contributed by atoms with Crippen molar-refractivity contribution in [3.63, 3.8) is 0 Å². The molecule has 4 atom stereocenters. The lowest BCUT2D eigenvalue weighted by molar-refractivity contribution is -0.148. The second-order valence-corrected chi connectivity index (χ2v) is 11.4. The number of fused-ring (bicyclic) bond motifs is 3. The molecule has 0 unspecified atom stereocenters. The van der Waals surface area contributed by atoms with Gasteiger partial charge in [-0.1, -0.05) is 23.7 Å². The molecule has 10 nitrogen and oxygen atoms in total. The lowest BCUT2D eigenvalue weighted by Crippen LogP contribution is -2.63. The number of halogens is 1.